The van der Waals surface area contributed by atoms with Gasteiger partial charge in [0.15, 0.2) is 0 Å². The smallest absolute Gasteiger partial charge is 0.303 e. The van der Waals surface area contributed by atoms with Crippen LogP contribution in [0.5, 0.6) is 0 Å². The van der Waals surface area contributed by atoms with Crippen LogP contribution in [0, 0.1) is 17.3 Å². The molecule has 0 spiro atoms. The number of aliphatic carboxylic acids is 1. The molecule has 0 aromatic heterocycles. The highest BCUT2D eigenvalue weighted by atomic mass is 16.4. The molecule has 3 atom stereocenters. The van der Waals surface area contributed by atoms with Gasteiger partial charge in [-0.25, -0.2) is 0 Å². The van der Waals surface area contributed by atoms with Crippen LogP contribution in [0.3, 0.4) is 0 Å². The van der Waals surface area contributed by atoms with E-state index in [0.717, 1.165) is 12.3 Å². The Morgan fingerprint density at radius 3 is 2.40 bits per heavy atom. The SMILES string of the molecule is CC1CC2CCC1(NC(=O)CCCCC(=O)O)C2(C)C. The molecular weight excluding hydrogens is 254 g/mol. The minimum absolute atomic E-state index is 0.0401. The van der Waals surface area contributed by atoms with Crippen molar-refractivity contribution in [1.29, 1.82) is 0 Å². The molecular formula is C16H27NO3. The molecule has 3 unspecified atom stereocenters. The number of nitrogens with one attached hydrogen (secondary N) is 1. The lowest BCUT2D eigenvalue weighted by atomic mass is 9.73. The Morgan fingerprint density at radius 2 is 1.90 bits per heavy atom. The van der Waals surface area contributed by atoms with Crippen molar-refractivity contribution in [2.45, 2.75) is 71.3 Å². The third-order valence-corrected chi connectivity index (χ3v) is 5.94. The summed E-state index contributed by atoms with van der Waals surface area (Å²) < 4.78 is 0. The summed E-state index contributed by atoms with van der Waals surface area (Å²) in [4.78, 5) is 22.7. The topological polar surface area (TPSA) is 66.4 Å². The van der Waals surface area contributed by atoms with Crippen molar-refractivity contribution in [3.63, 3.8) is 0 Å². The van der Waals surface area contributed by atoms with Crippen molar-refractivity contribution >= 4 is 11.9 Å². The maximum Gasteiger partial charge on any atom is 0.303 e. The fourth-order valence-electron chi connectivity index (χ4n) is 4.59. The highest BCUT2D eigenvalue weighted by Crippen LogP contribution is 2.62. The van der Waals surface area contributed by atoms with Crippen LogP contribution in [0.1, 0.15) is 65.7 Å². The Balaban J connectivity index is 1.89. The molecule has 2 N–H and O–H groups in total. The summed E-state index contributed by atoms with van der Waals surface area (Å²) in [5.74, 6) is 0.579. The van der Waals surface area contributed by atoms with E-state index in [1.54, 1.807) is 0 Å². The summed E-state index contributed by atoms with van der Waals surface area (Å²) in [6.07, 6.45) is 5.37. The monoisotopic (exact) mass is 281 g/mol. The van der Waals surface area contributed by atoms with Gasteiger partial charge in [-0.05, 0) is 49.4 Å². The van der Waals surface area contributed by atoms with Crippen LogP contribution >= 0.6 is 0 Å². The van der Waals surface area contributed by atoms with Crippen molar-refractivity contribution in [2.75, 3.05) is 0 Å². The first-order valence-electron chi connectivity index (χ1n) is 7.82. The molecule has 0 heterocycles. The normalized spacial score (nSPS) is 34.1. The maximum atomic E-state index is 12.2. The van der Waals surface area contributed by atoms with E-state index in [-0.39, 0.29) is 23.3 Å². The average Bonchev–Trinajstić information content (AvgIpc) is 2.68. The number of unbranched alkanes of at least 4 members (excludes halogenated alkanes) is 1. The number of carboxylic acid groups (broad SMARTS) is 1. The first kappa shape index (κ1) is 15.3. The number of hydrogen-bond acceptors (Lipinski definition) is 2. The Morgan fingerprint density at radius 1 is 1.25 bits per heavy atom. The van der Waals surface area contributed by atoms with E-state index >= 15 is 0 Å². The number of amides is 1. The predicted molar refractivity (Wildman–Crippen MR) is 77.3 cm³/mol. The maximum absolute atomic E-state index is 12.2. The van der Waals surface area contributed by atoms with E-state index in [0.29, 0.717) is 25.2 Å². The van der Waals surface area contributed by atoms with Crippen molar-refractivity contribution in [1.82, 2.24) is 5.32 Å². The number of carbonyl (C=O) groups is 2. The number of hydrogen-bond donors (Lipinski definition) is 2. The Labute approximate surface area is 121 Å². The van der Waals surface area contributed by atoms with Gasteiger partial charge in [0.05, 0.1) is 0 Å². The fourth-order valence-corrected chi connectivity index (χ4v) is 4.59. The second-order valence-electron chi connectivity index (χ2n) is 7.21. The highest BCUT2D eigenvalue weighted by molar-refractivity contribution is 5.77. The van der Waals surface area contributed by atoms with Gasteiger partial charge < -0.3 is 10.4 Å². The van der Waals surface area contributed by atoms with Gasteiger partial charge in [-0.1, -0.05) is 20.8 Å². The van der Waals surface area contributed by atoms with Gasteiger partial charge in [0.2, 0.25) is 5.91 Å². The van der Waals surface area contributed by atoms with Crippen molar-refractivity contribution in [3.05, 3.63) is 0 Å². The summed E-state index contributed by atoms with van der Waals surface area (Å²) in [6.45, 7) is 6.84. The molecule has 2 aliphatic rings. The highest BCUT2D eigenvalue weighted by Gasteiger charge is 2.63. The predicted octanol–water partition coefficient (Wildman–Crippen LogP) is 2.96. The third-order valence-electron chi connectivity index (χ3n) is 5.94. The van der Waals surface area contributed by atoms with Gasteiger partial charge in [0, 0.05) is 18.4 Å². The van der Waals surface area contributed by atoms with Crippen LogP contribution in [0.15, 0.2) is 0 Å². The minimum Gasteiger partial charge on any atom is -0.481 e. The molecule has 4 heteroatoms. The number of carbonyl (C=O) groups excluding carboxylic acids is 1. The van der Waals surface area contributed by atoms with E-state index in [1.165, 1.54) is 12.8 Å². The van der Waals surface area contributed by atoms with Crippen LogP contribution in [0.25, 0.3) is 0 Å². The van der Waals surface area contributed by atoms with Gasteiger partial charge in [-0.3, -0.25) is 9.59 Å². The van der Waals surface area contributed by atoms with E-state index in [1.807, 2.05) is 0 Å². The first-order valence-corrected chi connectivity index (χ1v) is 7.82. The first-order chi connectivity index (χ1) is 9.29. The summed E-state index contributed by atoms with van der Waals surface area (Å²) in [5, 5.41) is 11.9. The van der Waals surface area contributed by atoms with Gasteiger partial charge in [0.25, 0.3) is 0 Å². The van der Waals surface area contributed by atoms with Crippen LogP contribution in [0.4, 0.5) is 0 Å². The van der Waals surface area contributed by atoms with Crippen molar-refractivity contribution in [2.24, 2.45) is 17.3 Å². The summed E-state index contributed by atoms with van der Waals surface area (Å²) in [6, 6.07) is 0. The molecule has 2 saturated carbocycles. The van der Waals surface area contributed by atoms with Crippen molar-refractivity contribution in [3.8, 4) is 0 Å². The Hall–Kier alpha value is -1.06. The number of rotatable bonds is 6. The summed E-state index contributed by atoms with van der Waals surface area (Å²) >= 11 is 0. The largest absolute Gasteiger partial charge is 0.481 e. The molecule has 0 aromatic carbocycles. The van der Waals surface area contributed by atoms with Crippen LogP contribution in [0.2, 0.25) is 0 Å². The van der Waals surface area contributed by atoms with Gasteiger partial charge >= 0.3 is 5.97 Å². The standard InChI is InChI=1S/C16H27NO3/c1-11-10-12-8-9-16(11,15(12,2)3)17-13(18)6-4-5-7-14(19)20/h11-12H,4-10H2,1-3H3,(H,17,18)(H,19,20). The molecule has 2 bridgehead atoms. The molecule has 0 aromatic rings. The van der Waals surface area contributed by atoms with Crippen molar-refractivity contribution < 1.29 is 14.7 Å². The quantitative estimate of drug-likeness (QED) is 0.736. The van der Waals surface area contributed by atoms with Crippen LogP contribution in [-0.4, -0.2) is 22.5 Å². The minimum atomic E-state index is -0.784. The van der Waals surface area contributed by atoms with E-state index in [9.17, 15) is 9.59 Å². The number of fused-ring (bicyclic) bond motifs is 2. The summed E-state index contributed by atoms with van der Waals surface area (Å²) in [5.41, 5.74) is 0.144. The van der Waals surface area contributed by atoms with Crippen LogP contribution < -0.4 is 5.32 Å². The molecule has 114 valence electrons. The zero-order valence-electron chi connectivity index (χ0n) is 12.9. The van der Waals surface area contributed by atoms with E-state index in [2.05, 4.69) is 26.1 Å². The Kier molecular flexibility index (Phi) is 4.12. The van der Waals surface area contributed by atoms with E-state index in [4.69, 9.17) is 5.11 Å². The van der Waals surface area contributed by atoms with E-state index < -0.39 is 5.97 Å². The average molecular weight is 281 g/mol. The third kappa shape index (κ3) is 2.45. The second kappa shape index (κ2) is 5.38. The fraction of sp³-hybridized carbons (Fsp3) is 0.875. The molecule has 1 amide bonds. The van der Waals surface area contributed by atoms with Gasteiger partial charge in [0.1, 0.15) is 0 Å². The van der Waals surface area contributed by atoms with Gasteiger partial charge in [-0.2, -0.15) is 0 Å². The molecule has 2 aliphatic carbocycles. The molecule has 2 fully saturated rings. The molecule has 0 aliphatic heterocycles. The zero-order valence-corrected chi connectivity index (χ0v) is 12.9. The molecule has 2 rings (SSSR count). The Bertz CT molecular complexity index is 405. The van der Waals surface area contributed by atoms with Crippen LogP contribution in [-0.2, 0) is 9.59 Å². The lowest BCUT2D eigenvalue weighted by molar-refractivity contribution is -0.137. The summed E-state index contributed by atoms with van der Waals surface area (Å²) in [7, 11) is 0. The lowest BCUT2D eigenvalue weighted by Crippen LogP contribution is -2.56. The second-order valence-corrected chi connectivity index (χ2v) is 7.21. The zero-order chi connectivity index (χ0) is 15.0. The lowest BCUT2D eigenvalue weighted by Gasteiger charge is -2.42. The molecule has 4 nitrogen and oxygen atoms in total. The molecule has 0 radical (unpaired) electrons. The molecule has 20 heavy (non-hydrogen) atoms. The number of carboxylic acids is 1. The van der Waals surface area contributed by atoms with Gasteiger partial charge in [-0.15, -0.1) is 0 Å². The molecule has 0 saturated heterocycles.